The molecule has 4 rings (SSSR count). The van der Waals surface area contributed by atoms with Crippen LogP contribution in [0.3, 0.4) is 0 Å². The Morgan fingerprint density at radius 1 is 1.09 bits per heavy atom. The van der Waals surface area contributed by atoms with Crippen LogP contribution < -0.4 is 5.32 Å². The van der Waals surface area contributed by atoms with Crippen LogP contribution in [0.1, 0.15) is 0 Å². The first-order valence-corrected chi connectivity index (χ1v) is 7.82. The summed E-state index contributed by atoms with van der Waals surface area (Å²) in [6.07, 6.45) is 1.55. The van der Waals surface area contributed by atoms with Crippen LogP contribution in [0.25, 0.3) is 21.5 Å². The monoisotopic (exact) mass is 327 g/mol. The van der Waals surface area contributed by atoms with Crippen LogP contribution >= 0.6 is 22.9 Å². The first kappa shape index (κ1) is 13.2. The summed E-state index contributed by atoms with van der Waals surface area (Å²) in [5.41, 5.74) is 2.86. The molecule has 22 heavy (non-hydrogen) atoms. The second-order valence-electron chi connectivity index (χ2n) is 4.66. The highest BCUT2D eigenvalue weighted by Crippen LogP contribution is 2.28. The Hall–Kier alpha value is -2.44. The van der Waals surface area contributed by atoms with Gasteiger partial charge in [-0.1, -0.05) is 23.7 Å². The Labute approximate surface area is 135 Å². The van der Waals surface area contributed by atoms with Crippen LogP contribution in [-0.2, 0) is 0 Å². The first-order valence-electron chi connectivity index (χ1n) is 6.56. The van der Waals surface area contributed by atoms with E-state index in [-0.39, 0.29) is 0 Å². The van der Waals surface area contributed by atoms with Gasteiger partial charge < -0.3 is 5.32 Å². The highest BCUT2D eigenvalue weighted by Gasteiger charge is 2.08. The number of benzene rings is 1. The van der Waals surface area contributed by atoms with Crippen LogP contribution in [0.2, 0.25) is 5.02 Å². The smallest absolute Gasteiger partial charge is 0.153 e. The van der Waals surface area contributed by atoms with E-state index >= 15 is 0 Å². The maximum absolute atomic E-state index is 5.91. The molecule has 108 valence electrons. The largest absolute Gasteiger partial charge is 0.322 e. The third-order valence-corrected chi connectivity index (χ3v) is 4.39. The summed E-state index contributed by atoms with van der Waals surface area (Å²) in [5, 5.41) is 13.2. The fourth-order valence-electron chi connectivity index (χ4n) is 2.16. The molecule has 0 aliphatic rings. The predicted octanol–water partition coefficient (Wildman–Crippen LogP) is 4.48. The molecule has 0 radical (unpaired) electrons. The minimum Gasteiger partial charge on any atom is -0.322 e. The van der Waals surface area contributed by atoms with Crippen LogP contribution in [-0.4, -0.2) is 20.2 Å². The lowest BCUT2D eigenvalue weighted by molar-refractivity contribution is 1.09. The van der Waals surface area contributed by atoms with Gasteiger partial charge >= 0.3 is 0 Å². The molecule has 0 unspecified atom stereocenters. The predicted molar refractivity (Wildman–Crippen MR) is 89.7 cm³/mol. The Morgan fingerprint density at radius 3 is 2.82 bits per heavy atom. The van der Waals surface area contributed by atoms with Gasteiger partial charge in [0.05, 0.1) is 15.9 Å². The number of rotatable bonds is 3. The average molecular weight is 328 g/mol. The van der Waals surface area contributed by atoms with Gasteiger partial charge in [-0.15, -0.1) is 11.3 Å². The zero-order valence-electron chi connectivity index (χ0n) is 11.2. The Balaban J connectivity index is 1.64. The Bertz CT molecular complexity index is 928. The number of aromatic amines is 1. The molecular weight excluding hydrogens is 318 g/mol. The van der Waals surface area contributed by atoms with Gasteiger partial charge in [0, 0.05) is 11.1 Å². The maximum Gasteiger partial charge on any atom is 0.153 e. The minimum atomic E-state index is 0.707. The van der Waals surface area contributed by atoms with Crippen LogP contribution in [0, 0.1) is 0 Å². The number of nitrogens with zero attached hydrogens (tertiary/aromatic N) is 3. The number of halogens is 1. The van der Waals surface area contributed by atoms with E-state index in [0.29, 0.717) is 10.8 Å². The quantitative estimate of drug-likeness (QED) is 0.582. The third kappa shape index (κ3) is 2.43. The molecule has 0 bridgehead atoms. The number of H-pyrrole nitrogens is 1. The molecule has 0 aliphatic heterocycles. The highest BCUT2D eigenvalue weighted by atomic mass is 35.5. The number of aromatic nitrogens is 4. The van der Waals surface area contributed by atoms with Gasteiger partial charge in [-0.25, -0.2) is 9.97 Å². The van der Waals surface area contributed by atoms with Gasteiger partial charge in [-0.05, 0) is 29.1 Å². The van der Waals surface area contributed by atoms with Gasteiger partial charge in [0.25, 0.3) is 0 Å². The van der Waals surface area contributed by atoms with Crippen molar-refractivity contribution in [2.75, 3.05) is 5.32 Å². The number of nitrogens with one attached hydrogen (secondary N) is 2. The van der Waals surface area contributed by atoms with Crippen molar-refractivity contribution >= 4 is 44.8 Å². The van der Waals surface area contributed by atoms with Crippen molar-refractivity contribution in [3.8, 4) is 11.3 Å². The summed E-state index contributed by atoms with van der Waals surface area (Å²) < 4.78 is 1.01. The molecule has 4 aromatic rings. The van der Waals surface area contributed by atoms with E-state index in [9.17, 15) is 0 Å². The summed E-state index contributed by atoms with van der Waals surface area (Å²) >= 11 is 7.50. The number of anilines is 2. The topological polar surface area (TPSA) is 66.5 Å². The number of thiophene rings is 1. The second kappa shape index (κ2) is 5.40. The summed E-state index contributed by atoms with van der Waals surface area (Å²) in [6, 6.07) is 11.5. The lowest BCUT2D eigenvalue weighted by Crippen LogP contribution is -1.94. The molecule has 0 spiro atoms. The van der Waals surface area contributed by atoms with E-state index in [4.69, 9.17) is 11.6 Å². The van der Waals surface area contributed by atoms with E-state index in [1.165, 1.54) is 0 Å². The normalized spacial score (nSPS) is 11.0. The van der Waals surface area contributed by atoms with E-state index in [0.717, 1.165) is 27.3 Å². The molecule has 1 aromatic carbocycles. The standard InChI is InChI=1S/C15H10ClN5S/c16-10-3-1-9(2-4-10)12-7-13(21-20-12)19-15-14-11(5-6-22-14)17-8-18-15/h1-8H,(H2,17,18,19,20,21). The molecule has 0 saturated heterocycles. The van der Waals surface area contributed by atoms with Crippen LogP contribution in [0.5, 0.6) is 0 Å². The van der Waals surface area contributed by atoms with Crippen molar-refractivity contribution in [3.63, 3.8) is 0 Å². The van der Waals surface area contributed by atoms with Crippen molar-refractivity contribution in [3.05, 3.63) is 53.1 Å². The third-order valence-electron chi connectivity index (χ3n) is 3.22. The van der Waals surface area contributed by atoms with Gasteiger partial charge in [-0.2, -0.15) is 5.10 Å². The summed E-state index contributed by atoms with van der Waals surface area (Å²) in [4.78, 5) is 8.51. The molecule has 2 N–H and O–H groups in total. The summed E-state index contributed by atoms with van der Waals surface area (Å²) in [7, 11) is 0. The first-order chi connectivity index (χ1) is 10.8. The fourth-order valence-corrected chi connectivity index (χ4v) is 3.08. The Morgan fingerprint density at radius 2 is 1.95 bits per heavy atom. The molecule has 0 fully saturated rings. The molecular formula is C15H10ClN5S. The number of fused-ring (bicyclic) bond motifs is 1. The van der Waals surface area contributed by atoms with E-state index < -0.39 is 0 Å². The molecule has 7 heteroatoms. The fraction of sp³-hybridized carbons (Fsp3) is 0. The maximum atomic E-state index is 5.91. The summed E-state index contributed by atoms with van der Waals surface area (Å²) in [5.74, 6) is 1.47. The SMILES string of the molecule is Clc1ccc(-c2cc(Nc3ncnc4ccsc34)n[nH]2)cc1. The zero-order chi connectivity index (χ0) is 14.9. The average Bonchev–Trinajstić information content (AvgIpc) is 3.17. The van der Waals surface area contributed by atoms with E-state index in [1.54, 1.807) is 17.7 Å². The van der Waals surface area contributed by atoms with Gasteiger partial charge in [0.1, 0.15) is 6.33 Å². The molecule has 0 saturated carbocycles. The van der Waals surface area contributed by atoms with Gasteiger partial charge in [-0.3, -0.25) is 5.10 Å². The van der Waals surface area contributed by atoms with Crippen molar-refractivity contribution < 1.29 is 0 Å². The van der Waals surface area contributed by atoms with E-state index in [2.05, 4.69) is 25.5 Å². The van der Waals surface area contributed by atoms with Gasteiger partial charge in [0.15, 0.2) is 11.6 Å². The minimum absolute atomic E-state index is 0.707. The molecule has 0 amide bonds. The molecule has 0 aliphatic carbocycles. The Kier molecular flexibility index (Phi) is 3.25. The van der Waals surface area contributed by atoms with Crippen molar-refractivity contribution in [2.45, 2.75) is 0 Å². The van der Waals surface area contributed by atoms with Gasteiger partial charge in [0.2, 0.25) is 0 Å². The number of hydrogen-bond donors (Lipinski definition) is 2. The highest BCUT2D eigenvalue weighted by molar-refractivity contribution is 7.17. The van der Waals surface area contributed by atoms with Crippen LogP contribution in [0.4, 0.5) is 11.6 Å². The molecule has 5 nitrogen and oxygen atoms in total. The van der Waals surface area contributed by atoms with Crippen molar-refractivity contribution in [1.29, 1.82) is 0 Å². The van der Waals surface area contributed by atoms with Crippen molar-refractivity contribution in [1.82, 2.24) is 20.2 Å². The van der Waals surface area contributed by atoms with E-state index in [1.807, 2.05) is 41.8 Å². The van der Waals surface area contributed by atoms with Crippen molar-refractivity contribution in [2.24, 2.45) is 0 Å². The zero-order valence-corrected chi connectivity index (χ0v) is 12.8. The summed E-state index contributed by atoms with van der Waals surface area (Å²) in [6.45, 7) is 0. The second-order valence-corrected chi connectivity index (χ2v) is 6.01. The lowest BCUT2D eigenvalue weighted by Gasteiger charge is -2.01. The molecule has 0 atom stereocenters. The molecule has 3 heterocycles. The number of hydrogen-bond acceptors (Lipinski definition) is 5. The lowest BCUT2D eigenvalue weighted by atomic mass is 10.1. The molecule has 3 aromatic heterocycles. The van der Waals surface area contributed by atoms with Crippen LogP contribution in [0.15, 0.2) is 48.1 Å².